The highest BCUT2D eigenvalue weighted by Gasteiger charge is 2.25. The van der Waals surface area contributed by atoms with Crippen molar-refractivity contribution in [1.29, 1.82) is 5.26 Å². The number of para-hydroxylation sites is 2. The Balaban J connectivity index is 1.56. The molecule has 1 aliphatic rings. The number of hydrogen-bond donors (Lipinski definition) is 0. The molecule has 3 rings (SSSR count). The molecule has 0 atom stereocenters. The van der Waals surface area contributed by atoms with Crippen LogP contribution < -0.4 is 4.90 Å². The molecule has 0 bridgehead atoms. The maximum atomic E-state index is 12.7. The molecule has 2 aromatic rings. The summed E-state index contributed by atoms with van der Waals surface area (Å²) in [7, 11) is 0. The van der Waals surface area contributed by atoms with Crippen molar-refractivity contribution in [1.82, 2.24) is 14.7 Å². The van der Waals surface area contributed by atoms with Gasteiger partial charge in [-0.2, -0.15) is 10.4 Å². The zero-order chi connectivity index (χ0) is 21.7. The smallest absolute Gasteiger partial charge is 0.292 e. The quantitative estimate of drug-likeness (QED) is 0.513. The van der Waals surface area contributed by atoms with Gasteiger partial charge in [-0.1, -0.05) is 12.1 Å². The summed E-state index contributed by atoms with van der Waals surface area (Å²) in [6, 6.07) is 8.84. The molecule has 1 aromatic heterocycles. The van der Waals surface area contributed by atoms with E-state index in [-0.39, 0.29) is 16.5 Å². The Morgan fingerprint density at radius 2 is 1.93 bits per heavy atom. The van der Waals surface area contributed by atoms with Crippen molar-refractivity contribution in [3.63, 3.8) is 0 Å². The second kappa shape index (κ2) is 9.39. The first-order valence-corrected chi connectivity index (χ1v) is 10.1. The second-order valence-corrected chi connectivity index (χ2v) is 7.39. The lowest BCUT2D eigenvalue weighted by Crippen LogP contribution is -2.49. The van der Waals surface area contributed by atoms with Crippen molar-refractivity contribution in [2.24, 2.45) is 0 Å². The fourth-order valence-corrected chi connectivity index (χ4v) is 3.94. The van der Waals surface area contributed by atoms with Crippen molar-refractivity contribution in [3.05, 3.63) is 51.3 Å². The monoisotopic (exact) mass is 410 g/mol. The van der Waals surface area contributed by atoms with Gasteiger partial charge in [0.2, 0.25) is 5.91 Å². The summed E-state index contributed by atoms with van der Waals surface area (Å²) in [5, 5.41) is 24.5. The Labute approximate surface area is 175 Å². The largest absolute Gasteiger partial charge is 0.362 e. The third-order valence-corrected chi connectivity index (χ3v) is 5.61. The van der Waals surface area contributed by atoms with Crippen LogP contribution in [-0.4, -0.2) is 51.7 Å². The van der Waals surface area contributed by atoms with Gasteiger partial charge in [0.05, 0.1) is 29.7 Å². The number of carbonyl (C=O) groups excluding carboxylic acids is 1. The summed E-state index contributed by atoms with van der Waals surface area (Å²) < 4.78 is 1.84. The number of carbonyl (C=O) groups is 1. The van der Waals surface area contributed by atoms with Gasteiger partial charge in [-0.25, -0.2) is 0 Å². The van der Waals surface area contributed by atoms with Crippen LogP contribution in [0.5, 0.6) is 0 Å². The van der Waals surface area contributed by atoms with E-state index in [1.165, 1.54) is 6.07 Å². The van der Waals surface area contributed by atoms with Gasteiger partial charge in [0.25, 0.3) is 5.69 Å². The van der Waals surface area contributed by atoms with Gasteiger partial charge in [-0.05, 0) is 31.9 Å². The van der Waals surface area contributed by atoms with E-state index >= 15 is 0 Å². The van der Waals surface area contributed by atoms with Crippen molar-refractivity contribution in [2.75, 3.05) is 31.1 Å². The van der Waals surface area contributed by atoms with Gasteiger partial charge in [-0.3, -0.25) is 19.6 Å². The molecule has 0 spiro atoms. The summed E-state index contributed by atoms with van der Waals surface area (Å²) in [5.41, 5.74) is 3.68. The molecular formula is C21H26N6O3. The van der Waals surface area contributed by atoms with Crippen LogP contribution in [0.25, 0.3) is 0 Å². The Morgan fingerprint density at radius 1 is 1.23 bits per heavy atom. The summed E-state index contributed by atoms with van der Waals surface area (Å²) in [6.07, 6.45) is 1.43. The van der Waals surface area contributed by atoms with E-state index in [9.17, 15) is 14.9 Å². The first-order valence-electron chi connectivity index (χ1n) is 10.1. The highest BCUT2D eigenvalue weighted by Crippen LogP contribution is 2.28. The first-order chi connectivity index (χ1) is 14.4. The van der Waals surface area contributed by atoms with Crippen LogP contribution in [0.2, 0.25) is 0 Å². The van der Waals surface area contributed by atoms with Crippen LogP contribution in [0, 0.1) is 35.3 Å². The molecule has 0 unspecified atom stereocenters. The molecule has 9 nitrogen and oxygen atoms in total. The summed E-state index contributed by atoms with van der Waals surface area (Å²) in [6.45, 7) is 6.70. The van der Waals surface area contributed by atoms with Crippen molar-refractivity contribution in [2.45, 2.75) is 39.7 Å². The molecule has 0 aliphatic carbocycles. The number of anilines is 1. The number of rotatable bonds is 7. The Bertz CT molecular complexity index is 970. The summed E-state index contributed by atoms with van der Waals surface area (Å²) in [4.78, 5) is 27.4. The van der Waals surface area contributed by atoms with Crippen LogP contribution in [0.15, 0.2) is 24.3 Å². The number of piperazine rings is 1. The van der Waals surface area contributed by atoms with Gasteiger partial charge in [-0.15, -0.1) is 0 Å². The summed E-state index contributed by atoms with van der Waals surface area (Å²) >= 11 is 0. The molecule has 9 heteroatoms. The van der Waals surface area contributed by atoms with Crippen LogP contribution in [0.1, 0.15) is 29.8 Å². The summed E-state index contributed by atoms with van der Waals surface area (Å²) in [5.74, 6) is 0.0841. The molecule has 1 aromatic carbocycles. The molecule has 158 valence electrons. The van der Waals surface area contributed by atoms with E-state index in [4.69, 9.17) is 5.26 Å². The molecular weight excluding hydrogens is 384 g/mol. The maximum absolute atomic E-state index is 12.7. The molecule has 1 saturated heterocycles. The van der Waals surface area contributed by atoms with Gasteiger partial charge in [0.1, 0.15) is 5.69 Å². The number of nitro benzene ring substituents is 1. The minimum absolute atomic E-state index is 0.0841. The maximum Gasteiger partial charge on any atom is 0.292 e. The Morgan fingerprint density at radius 3 is 2.60 bits per heavy atom. The van der Waals surface area contributed by atoms with E-state index in [1.807, 2.05) is 28.3 Å². The number of aryl methyl sites for hydroxylation is 2. The lowest BCUT2D eigenvalue weighted by Gasteiger charge is -2.35. The molecule has 0 N–H and O–H groups in total. The third kappa shape index (κ3) is 4.59. The highest BCUT2D eigenvalue weighted by molar-refractivity contribution is 5.77. The zero-order valence-electron chi connectivity index (χ0n) is 17.4. The lowest BCUT2D eigenvalue weighted by atomic mass is 10.1. The van der Waals surface area contributed by atoms with E-state index in [0.717, 1.165) is 17.0 Å². The van der Waals surface area contributed by atoms with Gasteiger partial charge in [0.15, 0.2) is 0 Å². The molecule has 0 radical (unpaired) electrons. The minimum atomic E-state index is -0.367. The number of nitro groups is 1. The number of hydrogen-bond acceptors (Lipinski definition) is 6. The molecule has 30 heavy (non-hydrogen) atoms. The van der Waals surface area contributed by atoms with Crippen LogP contribution in [-0.2, 0) is 17.8 Å². The third-order valence-electron chi connectivity index (χ3n) is 5.61. The normalized spacial score (nSPS) is 13.9. The van der Waals surface area contributed by atoms with E-state index in [2.05, 4.69) is 11.2 Å². The SMILES string of the molecule is Cc1nn(CCC#N)c(C)c1CCC(=O)N1CCN(c2ccccc2[N+](=O)[O-])CC1. The van der Waals surface area contributed by atoms with E-state index < -0.39 is 0 Å². The number of nitrogens with zero attached hydrogens (tertiary/aromatic N) is 6. The molecule has 2 heterocycles. The highest BCUT2D eigenvalue weighted by atomic mass is 16.6. The number of benzene rings is 1. The van der Waals surface area contributed by atoms with Crippen LogP contribution >= 0.6 is 0 Å². The minimum Gasteiger partial charge on any atom is -0.362 e. The van der Waals surface area contributed by atoms with Gasteiger partial charge >= 0.3 is 0 Å². The predicted molar refractivity (Wildman–Crippen MR) is 112 cm³/mol. The Kier molecular flexibility index (Phi) is 6.67. The molecule has 1 aliphatic heterocycles. The molecule has 1 amide bonds. The fourth-order valence-electron chi connectivity index (χ4n) is 3.94. The number of nitriles is 1. The van der Waals surface area contributed by atoms with Gasteiger partial charge < -0.3 is 9.80 Å². The Hall–Kier alpha value is -3.41. The first kappa shape index (κ1) is 21.3. The van der Waals surface area contributed by atoms with Crippen LogP contribution in [0.4, 0.5) is 11.4 Å². The average molecular weight is 410 g/mol. The average Bonchev–Trinajstić information content (AvgIpc) is 3.03. The second-order valence-electron chi connectivity index (χ2n) is 7.39. The molecule has 1 fully saturated rings. The van der Waals surface area contributed by atoms with Crippen molar-refractivity contribution >= 4 is 17.3 Å². The standard InChI is InChI=1S/C21H26N6O3/c1-16-18(17(2)26(23-16)11-5-10-22)8-9-21(28)25-14-12-24(13-15-25)19-6-3-4-7-20(19)27(29)30/h3-4,6-7H,5,8-9,11-15H2,1-2H3. The molecule has 0 saturated carbocycles. The van der Waals surface area contributed by atoms with Crippen molar-refractivity contribution in [3.8, 4) is 6.07 Å². The predicted octanol–water partition coefficient (Wildman–Crippen LogP) is 2.60. The van der Waals surface area contributed by atoms with Crippen molar-refractivity contribution < 1.29 is 9.72 Å². The van der Waals surface area contributed by atoms with E-state index in [0.29, 0.717) is 57.7 Å². The fraction of sp³-hybridized carbons (Fsp3) is 0.476. The number of aromatic nitrogens is 2. The topological polar surface area (TPSA) is 108 Å². The zero-order valence-corrected chi connectivity index (χ0v) is 17.4. The number of amides is 1. The van der Waals surface area contributed by atoms with Crippen LogP contribution in [0.3, 0.4) is 0 Å². The van der Waals surface area contributed by atoms with Gasteiger partial charge in [0, 0.05) is 44.4 Å². The van der Waals surface area contributed by atoms with E-state index in [1.54, 1.807) is 18.2 Å². The lowest BCUT2D eigenvalue weighted by molar-refractivity contribution is -0.384.